The Bertz CT molecular complexity index is 1220. The summed E-state index contributed by atoms with van der Waals surface area (Å²) in [6, 6.07) is 12.6. The molecule has 0 radical (unpaired) electrons. The van der Waals surface area contributed by atoms with Gasteiger partial charge in [-0.1, -0.05) is 18.2 Å². The number of para-hydroxylation sites is 1. The number of hydrogen-bond donors (Lipinski definition) is 2. The summed E-state index contributed by atoms with van der Waals surface area (Å²) in [5.74, 6) is -5.76. The van der Waals surface area contributed by atoms with Gasteiger partial charge in [-0.05, 0) is 30.3 Å². The second-order valence-electron chi connectivity index (χ2n) is 7.24. The minimum absolute atomic E-state index is 0.0258. The lowest BCUT2D eigenvalue weighted by Crippen LogP contribution is -2.45. The van der Waals surface area contributed by atoms with Crippen LogP contribution in [0.5, 0.6) is 5.75 Å². The molecule has 11 heteroatoms. The molecule has 0 bridgehead atoms. The first-order chi connectivity index (χ1) is 15.7. The molecule has 0 saturated heterocycles. The lowest BCUT2D eigenvalue weighted by Gasteiger charge is -2.25. The van der Waals surface area contributed by atoms with Crippen molar-refractivity contribution in [3.63, 3.8) is 0 Å². The van der Waals surface area contributed by atoms with E-state index in [0.717, 1.165) is 4.90 Å². The van der Waals surface area contributed by atoms with Crippen molar-refractivity contribution in [2.24, 2.45) is 0 Å². The van der Waals surface area contributed by atoms with Crippen LogP contribution in [0.4, 0.5) is 37.6 Å². The number of rotatable bonds is 5. The SMILES string of the molecule is COc1cc(C(=O)O)ccc1Nc1ncc2c(n1)N(c1ccccc1)CC(F)(F)C(=O)N2C. The molecular formula is C22H19F2N5O4. The molecule has 33 heavy (non-hydrogen) atoms. The van der Waals surface area contributed by atoms with Crippen LogP contribution in [-0.4, -0.2) is 53.6 Å². The minimum atomic E-state index is -3.66. The topological polar surface area (TPSA) is 108 Å². The van der Waals surface area contributed by atoms with Crippen molar-refractivity contribution in [3.05, 3.63) is 60.3 Å². The second-order valence-corrected chi connectivity index (χ2v) is 7.24. The van der Waals surface area contributed by atoms with E-state index in [4.69, 9.17) is 4.74 Å². The second kappa shape index (κ2) is 8.34. The number of carbonyl (C=O) groups is 2. The Labute approximate surface area is 187 Å². The normalized spacial score (nSPS) is 15.0. The number of nitrogens with zero attached hydrogens (tertiary/aromatic N) is 4. The van der Waals surface area contributed by atoms with Crippen LogP contribution in [0.1, 0.15) is 10.4 Å². The molecule has 0 fully saturated rings. The first kappa shape index (κ1) is 21.9. The number of aromatic nitrogens is 2. The highest BCUT2D eigenvalue weighted by Gasteiger charge is 2.47. The molecule has 9 nitrogen and oxygen atoms in total. The number of anilines is 5. The summed E-state index contributed by atoms with van der Waals surface area (Å²) in [6.45, 7) is -0.903. The van der Waals surface area contributed by atoms with E-state index >= 15 is 0 Å². The predicted octanol–water partition coefficient (Wildman–Crippen LogP) is 3.68. The fourth-order valence-electron chi connectivity index (χ4n) is 3.43. The first-order valence-corrected chi connectivity index (χ1v) is 9.75. The van der Waals surface area contributed by atoms with Crippen LogP contribution in [0, 0.1) is 0 Å². The van der Waals surface area contributed by atoms with Crippen LogP contribution in [0.25, 0.3) is 0 Å². The number of benzene rings is 2. The molecule has 170 valence electrons. The van der Waals surface area contributed by atoms with E-state index in [9.17, 15) is 23.5 Å². The molecule has 1 aliphatic heterocycles. The molecule has 0 spiro atoms. The third-order valence-electron chi connectivity index (χ3n) is 5.10. The summed E-state index contributed by atoms with van der Waals surface area (Å²) in [5, 5.41) is 12.1. The maximum atomic E-state index is 14.7. The number of ether oxygens (including phenoxy) is 1. The molecule has 0 unspecified atom stereocenters. The standard InChI is InChI=1S/C22H19F2N5O4/c1-28-16-11-25-21(26-15-9-8-13(19(30)31)10-17(15)33-2)27-18(16)29(12-22(23,24)20(28)32)14-6-4-3-5-7-14/h3-11H,12H2,1-2H3,(H,30,31)(H,25,26,27). The number of nitrogens with one attached hydrogen (secondary N) is 1. The summed E-state index contributed by atoms with van der Waals surface area (Å²) >= 11 is 0. The van der Waals surface area contributed by atoms with Crippen LogP contribution < -0.4 is 19.9 Å². The van der Waals surface area contributed by atoms with Gasteiger partial charge in [0.25, 0.3) is 5.91 Å². The summed E-state index contributed by atoms with van der Waals surface area (Å²) in [5.41, 5.74) is 0.935. The van der Waals surface area contributed by atoms with Gasteiger partial charge in [0.2, 0.25) is 5.95 Å². The Morgan fingerprint density at radius 2 is 1.94 bits per heavy atom. The molecule has 0 atom stereocenters. The highest BCUT2D eigenvalue weighted by Crippen LogP contribution is 2.40. The van der Waals surface area contributed by atoms with Gasteiger partial charge in [-0.25, -0.2) is 9.78 Å². The van der Waals surface area contributed by atoms with Crippen molar-refractivity contribution in [3.8, 4) is 5.75 Å². The molecule has 3 aromatic rings. The quantitative estimate of drug-likeness (QED) is 0.600. The van der Waals surface area contributed by atoms with Gasteiger partial charge in [0.1, 0.15) is 11.4 Å². The zero-order valence-corrected chi connectivity index (χ0v) is 17.6. The highest BCUT2D eigenvalue weighted by atomic mass is 19.3. The highest BCUT2D eigenvalue weighted by molar-refractivity contribution is 6.02. The molecule has 1 aliphatic rings. The van der Waals surface area contributed by atoms with E-state index in [1.165, 1.54) is 43.5 Å². The number of methoxy groups -OCH3 is 1. The Hall–Kier alpha value is -4.28. The van der Waals surface area contributed by atoms with E-state index < -0.39 is 24.3 Å². The molecule has 0 saturated carbocycles. The lowest BCUT2D eigenvalue weighted by atomic mass is 10.2. The van der Waals surface area contributed by atoms with Crippen LogP contribution in [-0.2, 0) is 4.79 Å². The van der Waals surface area contributed by atoms with E-state index in [2.05, 4.69) is 15.3 Å². The van der Waals surface area contributed by atoms with E-state index in [1.807, 2.05) is 0 Å². The van der Waals surface area contributed by atoms with Crippen molar-refractivity contribution in [1.82, 2.24) is 9.97 Å². The summed E-state index contributed by atoms with van der Waals surface area (Å²) in [4.78, 5) is 34.3. The largest absolute Gasteiger partial charge is 0.495 e. The van der Waals surface area contributed by atoms with E-state index in [1.54, 1.807) is 30.3 Å². The molecule has 4 rings (SSSR count). The zero-order chi connectivity index (χ0) is 23.8. The third-order valence-corrected chi connectivity index (χ3v) is 5.10. The molecule has 2 aromatic carbocycles. The van der Waals surface area contributed by atoms with Gasteiger partial charge in [0, 0.05) is 12.7 Å². The van der Waals surface area contributed by atoms with Gasteiger partial charge >= 0.3 is 11.9 Å². The van der Waals surface area contributed by atoms with Crippen LogP contribution in [0.2, 0.25) is 0 Å². The van der Waals surface area contributed by atoms with Gasteiger partial charge in [-0.15, -0.1) is 0 Å². The fourth-order valence-corrected chi connectivity index (χ4v) is 3.43. The predicted molar refractivity (Wildman–Crippen MR) is 117 cm³/mol. The Kier molecular flexibility index (Phi) is 5.54. The maximum absolute atomic E-state index is 14.7. The van der Waals surface area contributed by atoms with Gasteiger partial charge in [-0.2, -0.15) is 13.8 Å². The number of carboxylic acid groups (broad SMARTS) is 1. The smallest absolute Gasteiger partial charge is 0.342 e. The fraction of sp³-hybridized carbons (Fsp3) is 0.182. The van der Waals surface area contributed by atoms with Gasteiger partial charge < -0.3 is 25.0 Å². The number of aromatic carboxylic acids is 1. The maximum Gasteiger partial charge on any atom is 0.342 e. The monoisotopic (exact) mass is 455 g/mol. The zero-order valence-electron chi connectivity index (χ0n) is 17.6. The average molecular weight is 455 g/mol. The van der Waals surface area contributed by atoms with E-state index in [0.29, 0.717) is 11.4 Å². The van der Waals surface area contributed by atoms with Crippen LogP contribution in [0.15, 0.2) is 54.7 Å². The molecule has 0 aliphatic carbocycles. The number of alkyl halides is 2. The Morgan fingerprint density at radius 1 is 1.21 bits per heavy atom. The molecule has 2 heterocycles. The molecule has 2 N–H and O–H groups in total. The van der Waals surface area contributed by atoms with Crippen molar-refractivity contribution in [2.75, 3.05) is 35.8 Å². The number of hydrogen-bond acceptors (Lipinski definition) is 7. The number of halogens is 2. The van der Waals surface area contributed by atoms with Gasteiger partial charge in [0.15, 0.2) is 5.82 Å². The van der Waals surface area contributed by atoms with Gasteiger partial charge in [0.05, 0.1) is 31.1 Å². The number of fused-ring (bicyclic) bond motifs is 1. The van der Waals surface area contributed by atoms with Crippen molar-refractivity contribution in [1.29, 1.82) is 0 Å². The van der Waals surface area contributed by atoms with Crippen LogP contribution >= 0.6 is 0 Å². The average Bonchev–Trinajstić information content (AvgIpc) is 2.88. The molecule has 1 amide bonds. The summed E-state index contributed by atoms with van der Waals surface area (Å²) in [6.07, 6.45) is 1.28. The third kappa shape index (κ3) is 4.12. The minimum Gasteiger partial charge on any atom is -0.495 e. The number of carbonyl (C=O) groups excluding carboxylic acids is 1. The number of carboxylic acids is 1. The van der Waals surface area contributed by atoms with Gasteiger partial charge in [-0.3, -0.25) is 4.79 Å². The Morgan fingerprint density at radius 3 is 2.61 bits per heavy atom. The van der Waals surface area contributed by atoms with Crippen LogP contribution in [0.3, 0.4) is 0 Å². The van der Waals surface area contributed by atoms with E-state index in [-0.39, 0.29) is 28.8 Å². The Balaban J connectivity index is 1.79. The first-order valence-electron chi connectivity index (χ1n) is 9.75. The summed E-state index contributed by atoms with van der Waals surface area (Å²) < 4.78 is 34.6. The van der Waals surface area contributed by atoms with Crippen molar-refractivity contribution < 1.29 is 28.2 Å². The molecular weight excluding hydrogens is 436 g/mol. The molecule has 1 aromatic heterocycles. The van der Waals surface area contributed by atoms with Crippen molar-refractivity contribution in [2.45, 2.75) is 5.92 Å². The number of amides is 1. The summed E-state index contributed by atoms with van der Waals surface area (Å²) in [7, 11) is 2.62. The lowest BCUT2D eigenvalue weighted by molar-refractivity contribution is -0.140. The van der Waals surface area contributed by atoms with Crippen molar-refractivity contribution >= 4 is 40.7 Å².